The molecule has 4 aromatic rings. The van der Waals surface area contributed by atoms with Crippen LogP contribution in [0, 0.1) is 0 Å². The van der Waals surface area contributed by atoms with E-state index in [-0.39, 0.29) is 29.1 Å². The quantitative estimate of drug-likeness (QED) is 0.430. The third kappa shape index (κ3) is 3.41. The Morgan fingerprint density at radius 2 is 1.60 bits per heavy atom. The third-order valence-electron chi connectivity index (χ3n) is 4.52. The van der Waals surface area contributed by atoms with Gasteiger partial charge in [0, 0.05) is 11.8 Å². The van der Waals surface area contributed by atoms with Gasteiger partial charge in [-0.05, 0) is 12.5 Å². The molecule has 4 rings (SSSR count). The number of benzene rings is 2. The number of aromatic nitrogens is 3. The Hall–Kier alpha value is -3.68. The average Bonchev–Trinajstić information content (AvgIpc) is 3.14. The topological polar surface area (TPSA) is 56.5 Å². The fourth-order valence-corrected chi connectivity index (χ4v) is 3.29. The summed E-state index contributed by atoms with van der Waals surface area (Å²) in [6, 6.07) is 16.7. The van der Waals surface area contributed by atoms with E-state index in [1.54, 1.807) is 67.6 Å². The second-order valence-corrected chi connectivity index (χ2v) is 6.43. The summed E-state index contributed by atoms with van der Waals surface area (Å²) in [7, 11) is 0. The lowest BCUT2D eigenvalue weighted by Gasteiger charge is -2.11. The molecule has 0 saturated carbocycles. The maximum Gasteiger partial charge on any atom is 0.435 e. The van der Waals surface area contributed by atoms with Crippen molar-refractivity contribution < 1.29 is 22.7 Å². The minimum atomic E-state index is -4.71. The molecule has 152 valence electrons. The molecule has 2 aromatic carbocycles. The van der Waals surface area contributed by atoms with E-state index in [0.717, 1.165) is 4.52 Å². The molecule has 0 aliphatic carbocycles. The Labute approximate surface area is 169 Å². The van der Waals surface area contributed by atoms with Crippen molar-refractivity contribution in [2.45, 2.75) is 13.1 Å². The van der Waals surface area contributed by atoms with Gasteiger partial charge in [-0.1, -0.05) is 60.7 Å². The van der Waals surface area contributed by atoms with E-state index in [1.165, 1.54) is 6.20 Å². The molecule has 0 saturated heterocycles. The predicted molar refractivity (Wildman–Crippen MR) is 105 cm³/mol. The van der Waals surface area contributed by atoms with Gasteiger partial charge in [0.15, 0.2) is 11.3 Å². The fraction of sp³-hybridized carbons (Fsp3) is 0.136. The van der Waals surface area contributed by atoms with Crippen molar-refractivity contribution in [1.29, 1.82) is 0 Å². The third-order valence-corrected chi connectivity index (χ3v) is 4.52. The number of esters is 1. The molecule has 5 nitrogen and oxygen atoms in total. The summed E-state index contributed by atoms with van der Waals surface area (Å²) in [5.74, 6) is -0.684. The van der Waals surface area contributed by atoms with E-state index >= 15 is 0 Å². The van der Waals surface area contributed by atoms with Gasteiger partial charge in [0.2, 0.25) is 0 Å². The summed E-state index contributed by atoms with van der Waals surface area (Å²) in [5.41, 5.74) is -0.146. The van der Waals surface area contributed by atoms with Gasteiger partial charge in [0.25, 0.3) is 0 Å². The zero-order valence-electron chi connectivity index (χ0n) is 15.8. The van der Waals surface area contributed by atoms with E-state index in [1.807, 2.05) is 0 Å². The molecule has 0 aliphatic heterocycles. The van der Waals surface area contributed by atoms with Crippen LogP contribution in [-0.4, -0.2) is 27.2 Å². The number of carbonyl (C=O) groups is 1. The first-order valence-electron chi connectivity index (χ1n) is 9.18. The van der Waals surface area contributed by atoms with Crippen molar-refractivity contribution in [2.75, 3.05) is 6.61 Å². The number of fused-ring (bicyclic) bond motifs is 1. The molecule has 0 N–H and O–H groups in total. The highest BCUT2D eigenvalue weighted by atomic mass is 19.4. The number of nitrogens with zero attached hydrogens (tertiary/aromatic N) is 3. The van der Waals surface area contributed by atoms with Crippen LogP contribution >= 0.6 is 0 Å². The first-order valence-corrected chi connectivity index (χ1v) is 9.18. The van der Waals surface area contributed by atoms with Gasteiger partial charge < -0.3 is 4.74 Å². The lowest BCUT2D eigenvalue weighted by atomic mass is 10.0. The first kappa shape index (κ1) is 19.6. The Kier molecular flexibility index (Phi) is 4.99. The Morgan fingerprint density at radius 3 is 2.17 bits per heavy atom. The van der Waals surface area contributed by atoms with E-state index in [9.17, 15) is 18.0 Å². The van der Waals surface area contributed by atoms with Crippen molar-refractivity contribution in [3.63, 3.8) is 0 Å². The highest BCUT2D eigenvalue weighted by molar-refractivity contribution is 5.97. The van der Waals surface area contributed by atoms with Crippen molar-refractivity contribution >= 4 is 11.6 Å². The lowest BCUT2D eigenvalue weighted by molar-refractivity contribution is -0.140. The monoisotopic (exact) mass is 411 g/mol. The molecule has 0 amide bonds. The van der Waals surface area contributed by atoms with Crippen LogP contribution in [0.5, 0.6) is 0 Å². The Balaban J connectivity index is 2.11. The van der Waals surface area contributed by atoms with Crippen LogP contribution in [0.4, 0.5) is 13.2 Å². The molecule has 0 atom stereocenters. The van der Waals surface area contributed by atoms with Gasteiger partial charge in [-0.15, -0.1) is 0 Å². The predicted octanol–water partition coefficient (Wildman–Crippen LogP) is 5.26. The van der Waals surface area contributed by atoms with Crippen molar-refractivity contribution in [1.82, 2.24) is 14.6 Å². The summed E-state index contributed by atoms with van der Waals surface area (Å²) in [6.07, 6.45) is -3.47. The highest BCUT2D eigenvalue weighted by Crippen LogP contribution is 2.40. The number of rotatable bonds is 4. The van der Waals surface area contributed by atoms with Crippen LogP contribution in [0.2, 0.25) is 0 Å². The standard InChI is InChI=1S/C22H16F3N3O2/c1-2-30-21(29)16-13-26-20-17(14-9-5-3-6-10-14)19(22(23,24)25)27-28(20)18(16)15-11-7-4-8-12-15/h3-13H,2H2,1H3. The number of hydrogen-bond donors (Lipinski definition) is 0. The zero-order chi connectivity index (χ0) is 21.3. The number of ether oxygens (including phenoxy) is 1. The molecule has 0 fully saturated rings. The summed E-state index contributed by atoms with van der Waals surface area (Å²) in [5, 5.41) is 3.86. The number of carbonyl (C=O) groups excluding carboxylic acids is 1. The summed E-state index contributed by atoms with van der Waals surface area (Å²) >= 11 is 0. The summed E-state index contributed by atoms with van der Waals surface area (Å²) < 4.78 is 47.8. The average molecular weight is 411 g/mol. The molecule has 2 heterocycles. The zero-order valence-corrected chi connectivity index (χ0v) is 15.8. The normalized spacial score (nSPS) is 11.6. The summed E-state index contributed by atoms with van der Waals surface area (Å²) in [4.78, 5) is 16.7. The maximum atomic E-state index is 13.9. The number of alkyl halides is 3. The fourth-order valence-electron chi connectivity index (χ4n) is 3.29. The number of halogens is 3. The van der Waals surface area contributed by atoms with Gasteiger partial charge >= 0.3 is 12.1 Å². The van der Waals surface area contributed by atoms with Crippen LogP contribution in [0.3, 0.4) is 0 Å². The minimum Gasteiger partial charge on any atom is -0.462 e. The molecule has 0 bridgehead atoms. The molecule has 0 aliphatic rings. The first-order chi connectivity index (χ1) is 14.4. The number of hydrogen-bond acceptors (Lipinski definition) is 4. The molecule has 30 heavy (non-hydrogen) atoms. The SMILES string of the molecule is CCOC(=O)c1cnc2c(-c3ccccc3)c(C(F)(F)F)nn2c1-c1ccccc1. The van der Waals surface area contributed by atoms with Crippen molar-refractivity contribution in [3.8, 4) is 22.4 Å². The highest BCUT2D eigenvalue weighted by Gasteiger charge is 2.39. The van der Waals surface area contributed by atoms with Gasteiger partial charge in [-0.3, -0.25) is 0 Å². The molecule has 0 unspecified atom stereocenters. The molecule has 2 aromatic heterocycles. The van der Waals surface area contributed by atoms with Crippen LogP contribution < -0.4 is 0 Å². The second kappa shape index (κ2) is 7.62. The van der Waals surface area contributed by atoms with E-state index < -0.39 is 17.8 Å². The van der Waals surface area contributed by atoms with E-state index in [2.05, 4.69) is 10.1 Å². The molecule has 0 spiro atoms. The van der Waals surface area contributed by atoms with Gasteiger partial charge in [0.05, 0.1) is 17.9 Å². The van der Waals surface area contributed by atoms with E-state index in [4.69, 9.17) is 4.74 Å². The van der Waals surface area contributed by atoms with E-state index in [0.29, 0.717) is 11.1 Å². The molecule has 0 radical (unpaired) electrons. The van der Waals surface area contributed by atoms with Crippen LogP contribution in [-0.2, 0) is 10.9 Å². The van der Waals surface area contributed by atoms with Gasteiger partial charge in [-0.25, -0.2) is 14.3 Å². The van der Waals surface area contributed by atoms with Crippen molar-refractivity contribution in [3.05, 3.63) is 78.1 Å². The Morgan fingerprint density at radius 1 is 1.00 bits per heavy atom. The lowest BCUT2D eigenvalue weighted by Crippen LogP contribution is -2.11. The van der Waals surface area contributed by atoms with Gasteiger partial charge in [-0.2, -0.15) is 18.3 Å². The summed E-state index contributed by atoms with van der Waals surface area (Å²) in [6.45, 7) is 1.77. The Bertz CT molecular complexity index is 1200. The van der Waals surface area contributed by atoms with Crippen LogP contribution in [0.1, 0.15) is 23.0 Å². The largest absolute Gasteiger partial charge is 0.462 e. The van der Waals surface area contributed by atoms with Crippen molar-refractivity contribution in [2.24, 2.45) is 0 Å². The van der Waals surface area contributed by atoms with Crippen LogP contribution in [0.25, 0.3) is 28.0 Å². The molecular formula is C22H16F3N3O2. The second-order valence-electron chi connectivity index (χ2n) is 6.43. The van der Waals surface area contributed by atoms with Gasteiger partial charge in [0.1, 0.15) is 5.56 Å². The maximum absolute atomic E-state index is 13.9. The molecular weight excluding hydrogens is 395 g/mol. The minimum absolute atomic E-state index is 0.000395. The molecule has 8 heteroatoms. The van der Waals surface area contributed by atoms with Crippen LogP contribution in [0.15, 0.2) is 66.9 Å². The smallest absolute Gasteiger partial charge is 0.435 e.